The first-order valence-electron chi connectivity index (χ1n) is 12.0. The molecular weight excluding hydrogens is 444 g/mol. The summed E-state index contributed by atoms with van der Waals surface area (Å²) in [5, 5.41) is 11.2. The molecule has 4 heteroatoms. The molecule has 0 spiro atoms. The molecule has 0 aliphatic rings. The second kappa shape index (κ2) is 9.16. The van der Waals surface area contributed by atoms with Crippen molar-refractivity contribution in [1.29, 1.82) is 0 Å². The van der Waals surface area contributed by atoms with Gasteiger partial charge in [0.2, 0.25) is 5.89 Å². The predicted octanol–water partition coefficient (Wildman–Crippen LogP) is 8.08. The van der Waals surface area contributed by atoms with Crippen LogP contribution < -0.4 is 0 Å². The first-order chi connectivity index (χ1) is 17.7. The van der Waals surface area contributed by atoms with Crippen molar-refractivity contribution in [3.63, 3.8) is 0 Å². The van der Waals surface area contributed by atoms with Crippen LogP contribution in [0.2, 0.25) is 0 Å². The van der Waals surface area contributed by atoms with E-state index >= 15 is 0 Å². The summed E-state index contributed by atoms with van der Waals surface area (Å²) < 4.78 is 6.17. The Balaban J connectivity index is 1.43. The highest BCUT2D eigenvalue weighted by Crippen LogP contribution is 2.40. The molecule has 4 aromatic carbocycles. The number of aromatic hydroxyl groups is 1. The number of pyridine rings is 1. The molecule has 6 rings (SSSR count). The second-order valence-electron chi connectivity index (χ2n) is 8.84. The molecule has 2 aromatic heterocycles. The molecule has 0 fully saturated rings. The van der Waals surface area contributed by atoms with E-state index in [9.17, 15) is 5.11 Å². The Morgan fingerprint density at radius 3 is 2.31 bits per heavy atom. The van der Waals surface area contributed by atoms with Crippen LogP contribution in [-0.4, -0.2) is 15.1 Å². The summed E-state index contributed by atoms with van der Waals surface area (Å²) in [5.74, 6) is 0.623. The first-order valence-corrected chi connectivity index (χ1v) is 12.0. The van der Waals surface area contributed by atoms with Crippen LogP contribution in [0.5, 0.6) is 5.75 Å². The summed E-state index contributed by atoms with van der Waals surface area (Å²) >= 11 is 0. The topological polar surface area (TPSA) is 59.2 Å². The minimum Gasteiger partial charge on any atom is -0.507 e. The molecule has 0 radical (unpaired) electrons. The number of oxazole rings is 1. The van der Waals surface area contributed by atoms with Gasteiger partial charge in [0.25, 0.3) is 0 Å². The van der Waals surface area contributed by atoms with Crippen LogP contribution in [0.15, 0.2) is 120 Å². The number of phenolic OH excluding ortho intramolecular Hbond substituents is 1. The number of phenols is 1. The highest BCUT2D eigenvalue weighted by Gasteiger charge is 2.20. The number of hydrogen-bond acceptors (Lipinski definition) is 4. The van der Waals surface area contributed by atoms with Gasteiger partial charge in [-0.3, -0.25) is 4.98 Å². The SMILES string of the molecule is CC(c1ccccc1)c1cccc(-c2nc3c(-c4cccc(-c5ccccn5)c4)cccc3o2)c1O. The number of para-hydroxylation sites is 2. The number of fused-ring (bicyclic) bond motifs is 1. The Labute approximate surface area is 209 Å². The molecule has 0 amide bonds. The third kappa shape index (κ3) is 3.93. The fourth-order valence-corrected chi connectivity index (χ4v) is 4.68. The Kier molecular flexibility index (Phi) is 5.55. The highest BCUT2D eigenvalue weighted by molar-refractivity contribution is 5.93. The number of benzene rings is 4. The lowest BCUT2D eigenvalue weighted by Gasteiger charge is -2.15. The number of aromatic nitrogens is 2. The maximum atomic E-state index is 11.2. The van der Waals surface area contributed by atoms with E-state index in [0.717, 1.165) is 39.0 Å². The zero-order chi connectivity index (χ0) is 24.5. The summed E-state index contributed by atoms with van der Waals surface area (Å²) in [4.78, 5) is 9.34. The third-order valence-corrected chi connectivity index (χ3v) is 6.62. The minimum absolute atomic E-state index is 0.0282. The van der Waals surface area contributed by atoms with Gasteiger partial charge in [0.1, 0.15) is 11.3 Å². The molecule has 4 nitrogen and oxygen atoms in total. The van der Waals surface area contributed by atoms with Crippen molar-refractivity contribution in [3.05, 3.63) is 127 Å². The van der Waals surface area contributed by atoms with Gasteiger partial charge in [0.15, 0.2) is 5.58 Å². The van der Waals surface area contributed by atoms with Crippen molar-refractivity contribution in [3.8, 4) is 39.6 Å². The summed E-state index contributed by atoms with van der Waals surface area (Å²) in [6, 6.07) is 36.0. The maximum absolute atomic E-state index is 11.2. The van der Waals surface area contributed by atoms with E-state index in [-0.39, 0.29) is 11.7 Å². The van der Waals surface area contributed by atoms with Crippen LogP contribution in [0.4, 0.5) is 0 Å². The molecule has 1 N–H and O–H groups in total. The third-order valence-electron chi connectivity index (χ3n) is 6.62. The van der Waals surface area contributed by atoms with Crippen molar-refractivity contribution in [2.45, 2.75) is 12.8 Å². The van der Waals surface area contributed by atoms with Crippen LogP contribution in [0.3, 0.4) is 0 Å². The van der Waals surface area contributed by atoms with Gasteiger partial charge in [-0.1, -0.05) is 85.8 Å². The van der Waals surface area contributed by atoms with E-state index in [1.54, 1.807) is 6.20 Å². The fraction of sp³-hybridized carbons (Fsp3) is 0.0625. The molecule has 174 valence electrons. The van der Waals surface area contributed by atoms with Gasteiger partial charge in [-0.25, -0.2) is 4.98 Å². The molecular formula is C32H24N2O2. The van der Waals surface area contributed by atoms with Crippen molar-refractivity contribution in [2.75, 3.05) is 0 Å². The van der Waals surface area contributed by atoms with E-state index in [1.165, 1.54) is 0 Å². The van der Waals surface area contributed by atoms with E-state index in [4.69, 9.17) is 9.40 Å². The largest absolute Gasteiger partial charge is 0.507 e. The van der Waals surface area contributed by atoms with Gasteiger partial charge in [-0.05, 0) is 41.5 Å². The minimum atomic E-state index is 0.0282. The molecule has 1 unspecified atom stereocenters. The number of nitrogens with zero attached hydrogens (tertiary/aromatic N) is 2. The predicted molar refractivity (Wildman–Crippen MR) is 144 cm³/mol. The van der Waals surface area contributed by atoms with Crippen LogP contribution in [0, 0.1) is 0 Å². The normalized spacial score (nSPS) is 12.0. The Morgan fingerprint density at radius 2 is 1.47 bits per heavy atom. The van der Waals surface area contributed by atoms with Crippen LogP contribution in [-0.2, 0) is 0 Å². The van der Waals surface area contributed by atoms with Gasteiger partial charge < -0.3 is 9.52 Å². The average molecular weight is 469 g/mol. The van der Waals surface area contributed by atoms with Gasteiger partial charge in [-0.15, -0.1) is 0 Å². The molecule has 0 aliphatic carbocycles. The molecule has 36 heavy (non-hydrogen) atoms. The smallest absolute Gasteiger partial charge is 0.231 e. The molecule has 2 heterocycles. The van der Waals surface area contributed by atoms with Crippen LogP contribution in [0.25, 0.3) is 44.9 Å². The summed E-state index contributed by atoms with van der Waals surface area (Å²) in [6.45, 7) is 2.09. The standard InChI is InChI=1S/C32H24N2O2/c1-21(22-10-3-2-4-11-22)25-14-8-16-27(31(25)35)32-34-30-26(15-9-18-29(30)36-32)23-12-7-13-24(20-23)28-17-5-6-19-33-28/h2-21,35H,1H3. The zero-order valence-corrected chi connectivity index (χ0v) is 19.8. The zero-order valence-electron chi connectivity index (χ0n) is 19.8. The Hall–Kier alpha value is -4.70. The summed E-state index contributed by atoms with van der Waals surface area (Å²) in [5.41, 5.74) is 7.93. The molecule has 0 bridgehead atoms. The second-order valence-corrected chi connectivity index (χ2v) is 8.84. The molecule has 6 aromatic rings. The van der Waals surface area contributed by atoms with E-state index in [1.807, 2.05) is 78.9 Å². The van der Waals surface area contributed by atoms with E-state index in [0.29, 0.717) is 17.0 Å². The van der Waals surface area contributed by atoms with Crippen molar-refractivity contribution in [2.24, 2.45) is 0 Å². The number of hydrogen-bond donors (Lipinski definition) is 1. The average Bonchev–Trinajstić information content (AvgIpc) is 3.38. The molecule has 0 saturated heterocycles. The molecule has 1 atom stereocenters. The lowest BCUT2D eigenvalue weighted by atomic mass is 9.91. The van der Waals surface area contributed by atoms with Crippen molar-refractivity contribution < 1.29 is 9.52 Å². The van der Waals surface area contributed by atoms with Gasteiger partial charge in [-0.2, -0.15) is 0 Å². The lowest BCUT2D eigenvalue weighted by Crippen LogP contribution is -1.97. The summed E-state index contributed by atoms with van der Waals surface area (Å²) in [7, 11) is 0. The van der Waals surface area contributed by atoms with Gasteiger partial charge >= 0.3 is 0 Å². The quantitative estimate of drug-likeness (QED) is 0.278. The number of rotatable bonds is 5. The van der Waals surface area contributed by atoms with Crippen LogP contribution >= 0.6 is 0 Å². The fourth-order valence-electron chi connectivity index (χ4n) is 4.68. The van der Waals surface area contributed by atoms with Crippen molar-refractivity contribution >= 4 is 11.1 Å². The van der Waals surface area contributed by atoms with Gasteiger partial charge in [0.05, 0.1) is 11.3 Å². The monoisotopic (exact) mass is 468 g/mol. The van der Waals surface area contributed by atoms with Gasteiger partial charge in [0, 0.05) is 28.8 Å². The highest BCUT2D eigenvalue weighted by atomic mass is 16.3. The Bertz CT molecular complexity index is 1660. The Morgan fingerprint density at radius 1 is 0.722 bits per heavy atom. The van der Waals surface area contributed by atoms with E-state index < -0.39 is 0 Å². The maximum Gasteiger partial charge on any atom is 0.231 e. The first kappa shape index (κ1) is 21.8. The molecule has 0 aliphatic heterocycles. The van der Waals surface area contributed by atoms with Crippen molar-refractivity contribution in [1.82, 2.24) is 9.97 Å². The lowest BCUT2D eigenvalue weighted by molar-refractivity contribution is 0.465. The van der Waals surface area contributed by atoms with Crippen LogP contribution in [0.1, 0.15) is 24.0 Å². The summed E-state index contributed by atoms with van der Waals surface area (Å²) in [6.07, 6.45) is 1.80. The molecule has 0 saturated carbocycles. The van der Waals surface area contributed by atoms with E-state index in [2.05, 4.69) is 42.2 Å².